The SMILES string of the molecule is Cc1c(C(=O)NC2CCCCNC2=O)oc2c(F)cccc12. The normalized spacial score (nSPS) is 18.8. The van der Waals surface area contributed by atoms with Crippen molar-refractivity contribution in [3.8, 4) is 0 Å². The Labute approximate surface area is 126 Å². The lowest BCUT2D eigenvalue weighted by Crippen LogP contribution is -2.45. The van der Waals surface area contributed by atoms with Gasteiger partial charge in [-0.15, -0.1) is 0 Å². The van der Waals surface area contributed by atoms with E-state index in [2.05, 4.69) is 10.6 Å². The molecule has 1 saturated heterocycles. The molecule has 0 radical (unpaired) electrons. The first-order valence-corrected chi connectivity index (χ1v) is 7.34. The number of carbonyl (C=O) groups excluding carboxylic acids is 2. The maximum absolute atomic E-state index is 13.7. The third kappa shape index (κ3) is 2.56. The van der Waals surface area contributed by atoms with E-state index in [0.29, 0.717) is 23.9 Å². The largest absolute Gasteiger partial charge is 0.448 e. The molecule has 116 valence electrons. The van der Waals surface area contributed by atoms with Crippen LogP contribution in [0.1, 0.15) is 35.4 Å². The van der Waals surface area contributed by atoms with Crippen LogP contribution in [0.4, 0.5) is 4.39 Å². The lowest BCUT2D eigenvalue weighted by Gasteiger charge is -2.14. The fourth-order valence-electron chi connectivity index (χ4n) is 2.73. The molecule has 1 aromatic carbocycles. The van der Waals surface area contributed by atoms with Gasteiger partial charge in [0.05, 0.1) is 0 Å². The summed E-state index contributed by atoms with van der Waals surface area (Å²) < 4.78 is 19.1. The first-order chi connectivity index (χ1) is 10.6. The Morgan fingerprint density at radius 1 is 1.41 bits per heavy atom. The third-order valence-electron chi connectivity index (χ3n) is 3.96. The van der Waals surface area contributed by atoms with Gasteiger partial charge in [-0.1, -0.05) is 12.1 Å². The number of hydrogen-bond acceptors (Lipinski definition) is 3. The molecule has 22 heavy (non-hydrogen) atoms. The third-order valence-corrected chi connectivity index (χ3v) is 3.96. The minimum absolute atomic E-state index is 0.0529. The highest BCUT2D eigenvalue weighted by Gasteiger charge is 2.26. The van der Waals surface area contributed by atoms with E-state index in [1.807, 2.05) is 0 Å². The molecular formula is C16H17FN2O3. The first kappa shape index (κ1) is 14.6. The number of benzene rings is 1. The number of amides is 2. The number of carbonyl (C=O) groups is 2. The number of fused-ring (bicyclic) bond motifs is 1. The molecule has 2 amide bonds. The van der Waals surface area contributed by atoms with E-state index >= 15 is 0 Å². The van der Waals surface area contributed by atoms with Crippen LogP contribution >= 0.6 is 0 Å². The minimum atomic E-state index is -0.576. The summed E-state index contributed by atoms with van der Waals surface area (Å²) in [7, 11) is 0. The Morgan fingerprint density at radius 3 is 3.00 bits per heavy atom. The Kier molecular flexibility index (Phi) is 3.83. The molecule has 1 aliphatic rings. The van der Waals surface area contributed by atoms with Gasteiger partial charge in [0.25, 0.3) is 5.91 Å². The lowest BCUT2D eigenvalue weighted by molar-refractivity contribution is -0.122. The molecule has 1 aliphatic heterocycles. The van der Waals surface area contributed by atoms with E-state index in [4.69, 9.17) is 4.42 Å². The molecule has 1 aromatic heterocycles. The Hall–Kier alpha value is -2.37. The van der Waals surface area contributed by atoms with Gasteiger partial charge in [0.15, 0.2) is 17.2 Å². The number of halogens is 1. The number of nitrogens with one attached hydrogen (secondary N) is 2. The first-order valence-electron chi connectivity index (χ1n) is 7.34. The average molecular weight is 304 g/mol. The van der Waals surface area contributed by atoms with E-state index in [0.717, 1.165) is 12.8 Å². The molecule has 0 bridgehead atoms. The van der Waals surface area contributed by atoms with Crippen molar-refractivity contribution in [2.45, 2.75) is 32.2 Å². The van der Waals surface area contributed by atoms with Crippen LogP contribution in [0.5, 0.6) is 0 Å². The molecule has 2 heterocycles. The predicted octanol–water partition coefficient (Wildman–Crippen LogP) is 2.28. The summed E-state index contributed by atoms with van der Waals surface area (Å²) in [6.07, 6.45) is 2.34. The standard InChI is InChI=1S/C16H17FN2O3/c1-9-10-5-4-6-11(17)14(10)22-13(9)16(21)19-12-7-2-3-8-18-15(12)20/h4-6,12H,2-3,7-8H2,1H3,(H,18,20)(H,19,21). The molecule has 1 fully saturated rings. The predicted molar refractivity (Wildman–Crippen MR) is 79.0 cm³/mol. The molecule has 5 nitrogen and oxygen atoms in total. The zero-order valence-corrected chi connectivity index (χ0v) is 12.2. The summed E-state index contributed by atoms with van der Waals surface area (Å²) in [5.74, 6) is -1.13. The van der Waals surface area contributed by atoms with Crippen molar-refractivity contribution in [1.82, 2.24) is 10.6 Å². The van der Waals surface area contributed by atoms with Crippen molar-refractivity contribution >= 4 is 22.8 Å². The number of aryl methyl sites for hydroxylation is 1. The van der Waals surface area contributed by atoms with Gasteiger partial charge in [0.1, 0.15) is 6.04 Å². The van der Waals surface area contributed by atoms with Gasteiger partial charge in [-0.25, -0.2) is 4.39 Å². The van der Waals surface area contributed by atoms with Gasteiger partial charge in [0.2, 0.25) is 5.91 Å². The number of rotatable bonds is 2. The topological polar surface area (TPSA) is 71.3 Å². The second-order valence-electron chi connectivity index (χ2n) is 5.49. The molecular weight excluding hydrogens is 287 g/mol. The maximum atomic E-state index is 13.7. The maximum Gasteiger partial charge on any atom is 0.287 e. The summed E-state index contributed by atoms with van der Waals surface area (Å²) in [6.45, 7) is 2.33. The van der Waals surface area contributed by atoms with Crippen LogP contribution in [-0.2, 0) is 4.79 Å². The van der Waals surface area contributed by atoms with Crippen LogP contribution in [-0.4, -0.2) is 24.4 Å². The van der Waals surface area contributed by atoms with Gasteiger partial charge < -0.3 is 15.1 Å². The van der Waals surface area contributed by atoms with Gasteiger partial charge in [-0.05, 0) is 32.3 Å². The molecule has 1 unspecified atom stereocenters. The summed E-state index contributed by atoms with van der Waals surface area (Å²) in [5, 5.41) is 6.00. The zero-order chi connectivity index (χ0) is 15.7. The van der Waals surface area contributed by atoms with Gasteiger partial charge >= 0.3 is 0 Å². The molecule has 0 spiro atoms. The van der Waals surface area contributed by atoms with Crippen LogP contribution in [0.15, 0.2) is 22.6 Å². The molecule has 1 atom stereocenters. The average Bonchev–Trinajstić information content (AvgIpc) is 2.71. The van der Waals surface area contributed by atoms with Crippen molar-refractivity contribution < 1.29 is 18.4 Å². The molecule has 2 aromatic rings. The van der Waals surface area contributed by atoms with Crippen molar-refractivity contribution in [3.63, 3.8) is 0 Å². The van der Waals surface area contributed by atoms with Gasteiger partial charge in [-0.3, -0.25) is 9.59 Å². The molecule has 6 heteroatoms. The summed E-state index contributed by atoms with van der Waals surface area (Å²) >= 11 is 0. The molecule has 0 aliphatic carbocycles. The molecule has 2 N–H and O–H groups in total. The van der Waals surface area contributed by atoms with Crippen LogP contribution in [0.3, 0.4) is 0 Å². The van der Waals surface area contributed by atoms with E-state index in [1.165, 1.54) is 6.07 Å². The monoisotopic (exact) mass is 304 g/mol. The van der Waals surface area contributed by atoms with Crippen molar-refractivity contribution in [2.75, 3.05) is 6.54 Å². The van der Waals surface area contributed by atoms with Gasteiger partial charge in [0, 0.05) is 17.5 Å². The Bertz CT molecular complexity index is 738. The van der Waals surface area contributed by atoms with E-state index in [1.54, 1.807) is 19.1 Å². The van der Waals surface area contributed by atoms with Crippen LogP contribution in [0.2, 0.25) is 0 Å². The van der Waals surface area contributed by atoms with Crippen molar-refractivity contribution in [3.05, 3.63) is 35.3 Å². The molecule has 0 saturated carbocycles. The Balaban J connectivity index is 1.87. The summed E-state index contributed by atoms with van der Waals surface area (Å²) in [4.78, 5) is 24.2. The zero-order valence-electron chi connectivity index (χ0n) is 12.2. The van der Waals surface area contributed by atoms with Crippen molar-refractivity contribution in [1.29, 1.82) is 0 Å². The number of para-hydroxylation sites is 1. The van der Waals surface area contributed by atoms with Gasteiger partial charge in [-0.2, -0.15) is 0 Å². The quantitative estimate of drug-likeness (QED) is 0.894. The fourth-order valence-corrected chi connectivity index (χ4v) is 2.73. The second kappa shape index (κ2) is 5.79. The highest BCUT2D eigenvalue weighted by atomic mass is 19.1. The Morgan fingerprint density at radius 2 is 2.23 bits per heavy atom. The lowest BCUT2D eigenvalue weighted by atomic mass is 10.1. The van der Waals surface area contributed by atoms with Crippen LogP contribution < -0.4 is 10.6 Å². The fraction of sp³-hybridized carbons (Fsp3) is 0.375. The summed E-state index contributed by atoms with van der Waals surface area (Å²) in [5.41, 5.74) is 0.636. The van der Waals surface area contributed by atoms with Crippen LogP contribution in [0, 0.1) is 12.7 Å². The van der Waals surface area contributed by atoms with E-state index in [9.17, 15) is 14.0 Å². The van der Waals surface area contributed by atoms with E-state index in [-0.39, 0.29) is 17.3 Å². The minimum Gasteiger partial charge on any atom is -0.448 e. The summed E-state index contributed by atoms with van der Waals surface area (Å²) in [6, 6.07) is 3.98. The highest BCUT2D eigenvalue weighted by molar-refractivity contribution is 6.01. The highest BCUT2D eigenvalue weighted by Crippen LogP contribution is 2.27. The van der Waals surface area contributed by atoms with Crippen molar-refractivity contribution in [2.24, 2.45) is 0 Å². The number of furan rings is 1. The smallest absolute Gasteiger partial charge is 0.287 e. The van der Waals surface area contributed by atoms with E-state index < -0.39 is 17.8 Å². The van der Waals surface area contributed by atoms with Crippen LogP contribution in [0.25, 0.3) is 11.0 Å². The number of hydrogen-bond donors (Lipinski definition) is 2. The molecule has 3 rings (SSSR count). The second-order valence-corrected chi connectivity index (χ2v) is 5.49.